The number of rotatable bonds is 9. The zero-order chi connectivity index (χ0) is 30.9. The quantitative estimate of drug-likeness (QED) is 0.184. The van der Waals surface area contributed by atoms with Crippen molar-refractivity contribution < 1.29 is 9.13 Å². The Balaban J connectivity index is 1.08. The van der Waals surface area contributed by atoms with Crippen LogP contribution in [0.2, 0.25) is 0 Å². The number of hydrogen-bond acceptors (Lipinski definition) is 7. The Kier molecular flexibility index (Phi) is 7.89. The van der Waals surface area contributed by atoms with Crippen LogP contribution < -0.4 is 4.74 Å². The molecule has 4 aromatic heterocycles. The fraction of sp³-hybridized carbons (Fsp3) is 0.333. The summed E-state index contributed by atoms with van der Waals surface area (Å²) in [5.41, 5.74) is 8.24. The normalized spacial score (nSPS) is 16.1. The van der Waals surface area contributed by atoms with Crippen molar-refractivity contribution in [2.24, 2.45) is 0 Å². The Morgan fingerprint density at radius 3 is 2.52 bits per heavy atom. The number of fused-ring (bicyclic) bond motifs is 2. The number of halogens is 1. The van der Waals surface area contributed by atoms with Crippen molar-refractivity contribution >= 4 is 22.1 Å². The molecule has 2 saturated heterocycles. The Morgan fingerprint density at radius 2 is 1.63 bits per heavy atom. The van der Waals surface area contributed by atoms with Gasteiger partial charge < -0.3 is 9.72 Å². The molecule has 2 aliphatic rings. The Hall–Kier alpha value is -4.67. The highest BCUT2D eigenvalue weighted by molar-refractivity contribution is 5.96. The lowest BCUT2D eigenvalue weighted by Gasteiger charge is -2.26. The Morgan fingerprint density at radius 1 is 0.783 bits per heavy atom. The van der Waals surface area contributed by atoms with E-state index in [1.165, 1.54) is 49.8 Å². The van der Waals surface area contributed by atoms with Gasteiger partial charge >= 0.3 is 0 Å². The molecular weight excluding hydrogens is 579 g/mol. The predicted molar refractivity (Wildman–Crippen MR) is 178 cm³/mol. The summed E-state index contributed by atoms with van der Waals surface area (Å²) in [6.07, 6.45) is 10.1. The monoisotopic (exact) mass is 616 g/mol. The Labute approximate surface area is 266 Å². The van der Waals surface area contributed by atoms with Crippen molar-refractivity contribution in [1.29, 1.82) is 0 Å². The number of aromatic nitrogens is 6. The number of pyridine rings is 2. The summed E-state index contributed by atoms with van der Waals surface area (Å²) in [6, 6.07) is 16.9. The summed E-state index contributed by atoms with van der Waals surface area (Å²) in [5.74, 6) is 0.770. The second-order valence-electron chi connectivity index (χ2n) is 12.4. The molecule has 10 heteroatoms. The van der Waals surface area contributed by atoms with Gasteiger partial charge in [0.25, 0.3) is 0 Å². The van der Waals surface area contributed by atoms with Crippen LogP contribution in [0.1, 0.15) is 37.7 Å². The van der Waals surface area contributed by atoms with Crippen LogP contribution in [0.15, 0.2) is 67.0 Å². The molecule has 46 heavy (non-hydrogen) atoms. The SMILES string of the molecule is Fc1cc(OCCN2CCCC2)cc(-c2cccc3[nH]c(-c4n[nH]c5ccc(-c6cncc(CN7CCCCC7)c6)nc45)nc23)c1. The summed E-state index contributed by atoms with van der Waals surface area (Å²) < 4.78 is 20.8. The fourth-order valence-electron chi connectivity index (χ4n) is 6.79. The molecule has 6 heterocycles. The van der Waals surface area contributed by atoms with Gasteiger partial charge in [0.05, 0.1) is 22.2 Å². The van der Waals surface area contributed by atoms with Gasteiger partial charge in [-0.1, -0.05) is 18.6 Å². The first-order valence-corrected chi connectivity index (χ1v) is 16.3. The van der Waals surface area contributed by atoms with Crippen LogP contribution in [0, 0.1) is 5.82 Å². The van der Waals surface area contributed by atoms with Gasteiger partial charge in [-0.2, -0.15) is 5.10 Å². The zero-order valence-corrected chi connectivity index (χ0v) is 25.8. The van der Waals surface area contributed by atoms with E-state index in [1.807, 2.05) is 48.8 Å². The molecule has 2 N–H and O–H groups in total. The van der Waals surface area contributed by atoms with Crippen LogP contribution >= 0.6 is 0 Å². The molecule has 0 amide bonds. The lowest BCUT2D eigenvalue weighted by atomic mass is 10.0. The number of nitrogens with zero attached hydrogens (tertiary/aromatic N) is 6. The molecule has 0 bridgehead atoms. The van der Waals surface area contributed by atoms with Crippen LogP contribution in [0.3, 0.4) is 0 Å². The molecule has 0 unspecified atom stereocenters. The van der Waals surface area contributed by atoms with E-state index >= 15 is 0 Å². The van der Waals surface area contributed by atoms with E-state index in [0.29, 0.717) is 29.4 Å². The number of H-pyrrole nitrogens is 2. The second kappa shape index (κ2) is 12.6. The molecule has 0 atom stereocenters. The molecule has 9 nitrogen and oxygen atoms in total. The fourth-order valence-corrected chi connectivity index (χ4v) is 6.79. The standard InChI is InChI=1S/C36H37FN8O/c37-27-18-25(19-28(20-27)46-16-15-44-11-4-5-12-44)29-7-6-8-31-33(29)41-36(40-31)35-34-32(42-43-35)10-9-30(39-34)26-17-24(21-38-22-26)23-45-13-2-1-3-14-45/h6-10,17-22H,1-5,11-16,23H2,(H,40,41)(H,42,43). The molecule has 0 aliphatic carbocycles. The number of benzene rings is 2. The van der Waals surface area contributed by atoms with Crippen LogP contribution in [-0.2, 0) is 6.54 Å². The minimum absolute atomic E-state index is 0.342. The van der Waals surface area contributed by atoms with Gasteiger partial charge in [-0.3, -0.25) is 19.9 Å². The number of ether oxygens (including phenoxy) is 1. The van der Waals surface area contributed by atoms with Gasteiger partial charge in [-0.25, -0.2) is 14.4 Å². The van der Waals surface area contributed by atoms with E-state index in [-0.39, 0.29) is 5.82 Å². The van der Waals surface area contributed by atoms with E-state index in [0.717, 1.165) is 78.2 Å². The number of para-hydroxylation sites is 1. The van der Waals surface area contributed by atoms with Gasteiger partial charge in [0.2, 0.25) is 0 Å². The molecular formula is C36H37FN8O. The topological polar surface area (TPSA) is 98.8 Å². The zero-order valence-electron chi connectivity index (χ0n) is 25.8. The third-order valence-electron chi connectivity index (χ3n) is 9.15. The molecule has 0 radical (unpaired) electrons. The molecule has 6 aromatic rings. The molecule has 0 saturated carbocycles. The maximum absolute atomic E-state index is 14.8. The highest BCUT2D eigenvalue weighted by Gasteiger charge is 2.18. The largest absolute Gasteiger partial charge is 0.492 e. The number of likely N-dealkylation sites (tertiary alicyclic amines) is 2. The van der Waals surface area contributed by atoms with E-state index in [9.17, 15) is 4.39 Å². The van der Waals surface area contributed by atoms with Crippen molar-refractivity contribution in [3.63, 3.8) is 0 Å². The maximum atomic E-state index is 14.8. The Bertz CT molecular complexity index is 1990. The highest BCUT2D eigenvalue weighted by Crippen LogP contribution is 2.34. The van der Waals surface area contributed by atoms with E-state index in [2.05, 4.69) is 36.0 Å². The molecule has 0 spiro atoms. The summed E-state index contributed by atoms with van der Waals surface area (Å²) in [4.78, 5) is 22.8. The van der Waals surface area contributed by atoms with E-state index in [4.69, 9.17) is 14.7 Å². The van der Waals surface area contributed by atoms with Gasteiger partial charge in [0, 0.05) is 42.7 Å². The smallest absolute Gasteiger partial charge is 0.161 e. The summed E-state index contributed by atoms with van der Waals surface area (Å²) in [5, 5.41) is 7.71. The number of nitrogens with one attached hydrogen (secondary N) is 2. The first-order chi connectivity index (χ1) is 22.7. The van der Waals surface area contributed by atoms with Gasteiger partial charge in [0.15, 0.2) is 11.5 Å². The van der Waals surface area contributed by atoms with Crippen molar-refractivity contribution in [1.82, 2.24) is 39.9 Å². The van der Waals surface area contributed by atoms with Crippen molar-refractivity contribution in [2.45, 2.75) is 38.6 Å². The number of piperidine rings is 1. The van der Waals surface area contributed by atoms with Gasteiger partial charge in [-0.15, -0.1) is 0 Å². The first kappa shape index (κ1) is 28.8. The molecule has 2 aromatic carbocycles. The molecule has 8 rings (SSSR count). The lowest BCUT2D eigenvalue weighted by molar-refractivity contribution is 0.220. The van der Waals surface area contributed by atoms with Crippen molar-refractivity contribution in [3.05, 3.63) is 78.4 Å². The van der Waals surface area contributed by atoms with Crippen LogP contribution in [-0.4, -0.2) is 79.3 Å². The number of aromatic amines is 2. The van der Waals surface area contributed by atoms with Crippen LogP contribution in [0.5, 0.6) is 5.75 Å². The summed E-state index contributed by atoms with van der Waals surface area (Å²) in [6.45, 7) is 6.76. The number of imidazole rings is 1. The van der Waals surface area contributed by atoms with Crippen molar-refractivity contribution in [3.8, 4) is 39.7 Å². The lowest BCUT2D eigenvalue weighted by Crippen LogP contribution is -2.29. The first-order valence-electron chi connectivity index (χ1n) is 16.3. The minimum Gasteiger partial charge on any atom is -0.492 e. The molecule has 2 fully saturated rings. The van der Waals surface area contributed by atoms with Gasteiger partial charge in [-0.05, 0) is 99.4 Å². The average Bonchev–Trinajstić information content (AvgIpc) is 3.85. The average molecular weight is 617 g/mol. The minimum atomic E-state index is -0.342. The third kappa shape index (κ3) is 5.98. The molecule has 2 aliphatic heterocycles. The summed E-state index contributed by atoms with van der Waals surface area (Å²) >= 11 is 0. The van der Waals surface area contributed by atoms with Gasteiger partial charge in [0.1, 0.15) is 23.7 Å². The number of hydrogen-bond donors (Lipinski definition) is 2. The second-order valence-corrected chi connectivity index (χ2v) is 12.4. The van der Waals surface area contributed by atoms with E-state index < -0.39 is 0 Å². The van der Waals surface area contributed by atoms with Crippen molar-refractivity contribution in [2.75, 3.05) is 39.3 Å². The summed E-state index contributed by atoms with van der Waals surface area (Å²) in [7, 11) is 0. The van der Waals surface area contributed by atoms with Crippen LogP contribution in [0.4, 0.5) is 4.39 Å². The van der Waals surface area contributed by atoms with Crippen LogP contribution in [0.25, 0.3) is 56.0 Å². The highest BCUT2D eigenvalue weighted by atomic mass is 19.1. The third-order valence-corrected chi connectivity index (χ3v) is 9.15. The predicted octanol–water partition coefficient (Wildman–Crippen LogP) is 6.83. The molecule has 234 valence electrons. The van der Waals surface area contributed by atoms with E-state index in [1.54, 1.807) is 0 Å². The maximum Gasteiger partial charge on any atom is 0.161 e.